The van der Waals surface area contributed by atoms with Crippen molar-refractivity contribution < 1.29 is 9.47 Å². The molecule has 0 aliphatic carbocycles. The van der Waals surface area contributed by atoms with E-state index in [4.69, 9.17) is 9.47 Å². The lowest BCUT2D eigenvalue weighted by molar-refractivity contribution is 0.294. The second-order valence-corrected chi connectivity index (χ2v) is 4.25. The Balaban J connectivity index is 2.80. The minimum Gasteiger partial charge on any atom is -0.493 e. The fourth-order valence-electron chi connectivity index (χ4n) is 1.63. The minimum atomic E-state index is 0.474. The molecule has 2 heteroatoms. The number of hydrogen-bond donors (Lipinski definition) is 0. The highest BCUT2D eigenvalue weighted by Crippen LogP contribution is 2.29. The predicted molar refractivity (Wildman–Crippen MR) is 71.8 cm³/mol. The molecule has 0 saturated carbocycles. The van der Waals surface area contributed by atoms with Gasteiger partial charge in [0.2, 0.25) is 0 Å². The van der Waals surface area contributed by atoms with E-state index in [0.717, 1.165) is 30.9 Å². The largest absolute Gasteiger partial charge is 0.493 e. The van der Waals surface area contributed by atoms with E-state index in [0.29, 0.717) is 5.92 Å². The predicted octanol–water partition coefficient (Wildman–Crippen LogP) is 3.85. The minimum absolute atomic E-state index is 0.474. The van der Waals surface area contributed by atoms with Crippen molar-refractivity contribution in [2.24, 2.45) is 5.92 Å². The molecule has 0 aliphatic heterocycles. The lowest BCUT2D eigenvalue weighted by Crippen LogP contribution is -2.00. The van der Waals surface area contributed by atoms with Gasteiger partial charge in [0, 0.05) is 0 Å². The van der Waals surface area contributed by atoms with Crippen LogP contribution in [-0.2, 0) is 6.42 Å². The number of allylic oxidation sites excluding steroid dienone is 1. The van der Waals surface area contributed by atoms with E-state index in [1.54, 1.807) is 7.11 Å². The van der Waals surface area contributed by atoms with Crippen LogP contribution in [-0.4, -0.2) is 13.7 Å². The Morgan fingerprint density at radius 1 is 1.35 bits per heavy atom. The summed E-state index contributed by atoms with van der Waals surface area (Å²) in [5.41, 5.74) is 1.25. The van der Waals surface area contributed by atoms with Crippen LogP contribution in [0.25, 0.3) is 0 Å². The van der Waals surface area contributed by atoms with Gasteiger partial charge in [-0.2, -0.15) is 0 Å². The van der Waals surface area contributed by atoms with Gasteiger partial charge < -0.3 is 9.47 Å². The van der Waals surface area contributed by atoms with Gasteiger partial charge in [-0.15, -0.1) is 6.58 Å². The van der Waals surface area contributed by atoms with Gasteiger partial charge in [-0.25, -0.2) is 0 Å². The third-order valence-electron chi connectivity index (χ3n) is 2.65. The Kier molecular flexibility index (Phi) is 5.61. The van der Waals surface area contributed by atoms with Crippen LogP contribution >= 0.6 is 0 Å². The van der Waals surface area contributed by atoms with Crippen molar-refractivity contribution in [3.05, 3.63) is 36.4 Å². The fraction of sp³-hybridized carbons (Fsp3) is 0.467. The second kappa shape index (κ2) is 7.00. The van der Waals surface area contributed by atoms with Gasteiger partial charge in [-0.05, 0) is 36.5 Å². The van der Waals surface area contributed by atoms with Gasteiger partial charge in [-0.1, -0.05) is 26.0 Å². The third kappa shape index (κ3) is 4.14. The van der Waals surface area contributed by atoms with Crippen LogP contribution in [0.15, 0.2) is 30.9 Å². The van der Waals surface area contributed by atoms with E-state index in [2.05, 4.69) is 26.5 Å². The van der Waals surface area contributed by atoms with Crippen molar-refractivity contribution in [1.82, 2.24) is 0 Å². The van der Waals surface area contributed by atoms with Gasteiger partial charge in [0.25, 0.3) is 0 Å². The van der Waals surface area contributed by atoms with Crippen LogP contribution in [0.1, 0.15) is 25.8 Å². The van der Waals surface area contributed by atoms with Crippen molar-refractivity contribution in [1.29, 1.82) is 0 Å². The van der Waals surface area contributed by atoms with Crippen LogP contribution in [0.3, 0.4) is 0 Å². The number of rotatable bonds is 7. The molecule has 1 aromatic carbocycles. The molecular weight excluding hydrogens is 212 g/mol. The molecule has 17 heavy (non-hydrogen) atoms. The first-order valence-electron chi connectivity index (χ1n) is 6.13. The van der Waals surface area contributed by atoms with Gasteiger partial charge >= 0.3 is 0 Å². The Hall–Kier alpha value is -1.44. The van der Waals surface area contributed by atoms with E-state index in [1.807, 2.05) is 18.2 Å². The summed E-state index contributed by atoms with van der Waals surface area (Å²) in [5.74, 6) is 2.11. The quantitative estimate of drug-likeness (QED) is 0.667. The van der Waals surface area contributed by atoms with Gasteiger partial charge in [0.1, 0.15) is 0 Å². The summed E-state index contributed by atoms with van der Waals surface area (Å²) in [7, 11) is 1.68. The molecule has 2 nitrogen and oxygen atoms in total. The molecule has 0 heterocycles. The number of methoxy groups -OCH3 is 1. The summed E-state index contributed by atoms with van der Waals surface area (Å²) in [4.78, 5) is 0. The van der Waals surface area contributed by atoms with Crippen molar-refractivity contribution in [2.45, 2.75) is 26.7 Å². The molecular formula is C15H22O2. The Bertz CT molecular complexity index is 358. The first kappa shape index (κ1) is 13.6. The number of benzene rings is 1. The topological polar surface area (TPSA) is 18.5 Å². The third-order valence-corrected chi connectivity index (χ3v) is 2.65. The van der Waals surface area contributed by atoms with E-state index in [9.17, 15) is 0 Å². The van der Waals surface area contributed by atoms with Crippen LogP contribution in [0.5, 0.6) is 11.5 Å². The smallest absolute Gasteiger partial charge is 0.161 e. The van der Waals surface area contributed by atoms with E-state index in [-0.39, 0.29) is 0 Å². The average Bonchev–Trinajstić information content (AvgIpc) is 2.36. The zero-order valence-corrected chi connectivity index (χ0v) is 11.0. The number of hydrogen-bond acceptors (Lipinski definition) is 2. The molecule has 1 unspecified atom stereocenters. The summed E-state index contributed by atoms with van der Waals surface area (Å²) < 4.78 is 11.0. The van der Waals surface area contributed by atoms with Gasteiger partial charge in [-0.3, -0.25) is 0 Å². The Morgan fingerprint density at radius 3 is 2.71 bits per heavy atom. The normalized spacial score (nSPS) is 11.9. The zero-order chi connectivity index (χ0) is 12.7. The lowest BCUT2D eigenvalue weighted by atomic mass is 10.0. The van der Waals surface area contributed by atoms with E-state index >= 15 is 0 Å². The Labute approximate surface area is 104 Å². The monoisotopic (exact) mass is 234 g/mol. The van der Waals surface area contributed by atoms with Crippen molar-refractivity contribution in [3.63, 3.8) is 0 Å². The summed E-state index contributed by atoms with van der Waals surface area (Å²) in [6, 6.07) is 6.12. The average molecular weight is 234 g/mol. The SMILES string of the molecule is C=CC(C)Cc1ccc(OCCC)c(OC)c1. The molecule has 0 saturated heterocycles. The summed E-state index contributed by atoms with van der Waals surface area (Å²) in [6.45, 7) is 8.77. The molecule has 0 N–H and O–H groups in total. The van der Waals surface area contributed by atoms with E-state index < -0.39 is 0 Å². The van der Waals surface area contributed by atoms with Crippen molar-refractivity contribution in [3.8, 4) is 11.5 Å². The molecule has 0 radical (unpaired) electrons. The standard InChI is InChI=1S/C15H22O2/c1-5-9-17-14-8-7-13(10-12(3)6-2)11-15(14)16-4/h6-8,11-12H,2,5,9-10H2,1,3-4H3. The number of ether oxygens (including phenoxy) is 2. The maximum atomic E-state index is 5.62. The molecule has 0 amide bonds. The summed E-state index contributed by atoms with van der Waals surface area (Å²) in [6.07, 6.45) is 3.94. The Morgan fingerprint density at radius 2 is 2.12 bits per heavy atom. The second-order valence-electron chi connectivity index (χ2n) is 4.25. The van der Waals surface area contributed by atoms with Crippen molar-refractivity contribution >= 4 is 0 Å². The van der Waals surface area contributed by atoms with Gasteiger partial charge in [0.15, 0.2) is 11.5 Å². The highest BCUT2D eigenvalue weighted by molar-refractivity contribution is 5.43. The molecule has 0 bridgehead atoms. The first-order valence-corrected chi connectivity index (χ1v) is 6.13. The molecule has 1 atom stereocenters. The van der Waals surface area contributed by atoms with E-state index in [1.165, 1.54) is 5.56 Å². The van der Waals surface area contributed by atoms with Crippen LogP contribution in [0.2, 0.25) is 0 Å². The fourth-order valence-corrected chi connectivity index (χ4v) is 1.63. The zero-order valence-electron chi connectivity index (χ0n) is 11.0. The van der Waals surface area contributed by atoms with Crippen LogP contribution in [0, 0.1) is 5.92 Å². The van der Waals surface area contributed by atoms with Crippen molar-refractivity contribution in [2.75, 3.05) is 13.7 Å². The lowest BCUT2D eigenvalue weighted by Gasteiger charge is -2.12. The van der Waals surface area contributed by atoms with Crippen LogP contribution < -0.4 is 9.47 Å². The molecule has 0 fully saturated rings. The van der Waals surface area contributed by atoms with Crippen LogP contribution in [0.4, 0.5) is 0 Å². The highest BCUT2D eigenvalue weighted by Gasteiger charge is 2.07. The molecule has 1 aromatic rings. The first-order chi connectivity index (χ1) is 8.21. The highest BCUT2D eigenvalue weighted by atomic mass is 16.5. The maximum Gasteiger partial charge on any atom is 0.161 e. The molecule has 1 rings (SSSR count). The molecule has 94 valence electrons. The molecule has 0 spiro atoms. The summed E-state index contributed by atoms with van der Waals surface area (Å²) in [5, 5.41) is 0. The maximum absolute atomic E-state index is 5.62. The van der Waals surface area contributed by atoms with Gasteiger partial charge in [0.05, 0.1) is 13.7 Å². The summed E-state index contributed by atoms with van der Waals surface area (Å²) >= 11 is 0. The molecule has 0 aliphatic rings. The molecule has 0 aromatic heterocycles.